The van der Waals surface area contributed by atoms with E-state index in [1.807, 2.05) is 0 Å². The predicted molar refractivity (Wildman–Crippen MR) is 68.6 cm³/mol. The van der Waals surface area contributed by atoms with E-state index < -0.39 is 0 Å². The second kappa shape index (κ2) is 5.97. The molecule has 0 aromatic carbocycles. The lowest BCUT2D eigenvalue weighted by Gasteiger charge is -2.12. The van der Waals surface area contributed by atoms with Crippen LogP contribution >= 0.6 is 11.8 Å². The third-order valence-corrected chi connectivity index (χ3v) is 3.69. The molecular formula is C12H14N2O3S. The first-order chi connectivity index (χ1) is 8.75. The van der Waals surface area contributed by atoms with Gasteiger partial charge in [-0.25, -0.2) is 0 Å². The normalized spacial score (nSPS) is 14.2. The zero-order valence-electron chi connectivity index (χ0n) is 9.83. The maximum Gasteiger partial charge on any atom is 0.280 e. The molecule has 2 rings (SSSR count). The van der Waals surface area contributed by atoms with Gasteiger partial charge in [0.1, 0.15) is 5.69 Å². The van der Waals surface area contributed by atoms with E-state index in [0.29, 0.717) is 17.9 Å². The largest absolute Gasteiger partial charge is 0.396 e. The molecule has 96 valence electrons. The van der Waals surface area contributed by atoms with Crippen molar-refractivity contribution >= 4 is 23.6 Å². The Morgan fingerprint density at radius 1 is 1.28 bits per heavy atom. The van der Waals surface area contributed by atoms with Gasteiger partial charge in [-0.05, 0) is 24.3 Å². The quantitative estimate of drug-likeness (QED) is 0.609. The summed E-state index contributed by atoms with van der Waals surface area (Å²) in [6.45, 7) is 0.564. The zero-order chi connectivity index (χ0) is 13.0. The van der Waals surface area contributed by atoms with E-state index in [1.54, 1.807) is 23.9 Å². The van der Waals surface area contributed by atoms with Gasteiger partial charge in [0, 0.05) is 25.1 Å². The SMILES string of the molecule is O=C1c2cccnc2C(=O)N1CCSCCCO. The van der Waals surface area contributed by atoms with Gasteiger partial charge in [-0.15, -0.1) is 0 Å². The van der Waals surface area contributed by atoms with Crippen molar-refractivity contribution in [2.24, 2.45) is 0 Å². The van der Waals surface area contributed by atoms with Gasteiger partial charge in [-0.2, -0.15) is 11.8 Å². The molecule has 0 radical (unpaired) electrons. The molecule has 1 aliphatic rings. The van der Waals surface area contributed by atoms with Crippen LogP contribution in [0.1, 0.15) is 27.3 Å². The van der Waals surface area contributed by atoms with Gasteiger partial charge in [0.05, 0.1) is 5.56 Å². The van der Waals surface area contributed by atoms with E-state index >= 15 is 0 Å². The van der Waals surface area contributed by atoms with Gasteiger partial charge in [0.2, 0.25) is 0 Å². The number of fused-ring (bicyclic) bond motifs is 1. The summed E-state index contributed by atoms with van der Waals surface area (Å²) >= 11 is 1.62. The van der Waals surface area contributed by atoms with Crippen molar-refractivity contribution < 1.29 is 14.7 Å². The first-order valence-corrected chi connectivity index (χ1v) is 6.91. The standard InChI is InChI=1S/C12H14N2O3S/c15-6-2-7-18-8-5-14-11(16)9-3-1-4-13-10(9)12(14)17/h1,3-4,15H,2,5-8H2. The third-order valence-electron chi connectivity index (χ3n) is 2.64. The number of hydrogen-bond donors (Lipinski definition) is 1. The molecule has 6 heteroatoms. The number of rotatable bonds is 6. The molecule has 2 heterocycles. The molecule has 1 N–H and O–H groups in total. The van der Waals surface area contributed by atoms with E-state index in [-0.39, 0.29) is 24.1 Å². The molecule has 0 atom stereocenters. The van der Waals surface area contributed by atoms with Gasteiger partial charge in [-0.3, -0.25) is 19.5 Å². The summed E-state index contributed by atoms with van der Waals surface area (Å²) in [5, 5.41) is 8.64. The van der Waals surface area contributed by atoms with E-state index in [1.165, 1.54) is 11.1 Å². The number of amides is 2. The average molecular weight is 266 g/mol. The number of hydrogen-bond acceptors (Lipinski definition) is 5. The summed E-state index contributed by atoms with van der Waals surface area (Å²) in [5.74, 6) is 0.952. The number of aliphatic hydroxyl groups excluding tert-OH is 1. The highest BCUT2D eigenvalue weighted by atomic mass is 32.2. The minimum absolute atomic E-state index is 0.171. The van der Waals surface area contributed by atoms with Crippen molar-refractivity contribution in [1.29, 1.82) is 0 Å². The minimum Gasteiger partial charge on any atom is -0.396 e. The summed E-state index contributed by atoms with van der Waals surface area (Å²) in [4.78, 5) is 29.0. The van der Waals surface area contributed by atoms with Crippen molar-refractivity contribution in [3.05, 3.63) is 29.6 Å². The Labute approximate surface area is 109 Å². The molecule has 1 aromatic heterocycles. The van der Waals surface area contributed by atoms with Gasteiger partial charge in [0.15, 0.2) is 0 Å². The van der Waals surface area contributed by atoms with Crippen molar-refractivity contribution in [3.63, 3.8) is 0 Å². The molecular weight excluding hydrogens is 252 g/mol. The molecule has 0 bridgehead atoms. The number of imide groups is 1. The predicted octanol–water partition coefficient (Wildman–Crippen LogP) is 0.793. The summed E-state index contributed by atoms with van der Waals surface area (Å²) in [6.07, 6.45) is 2.25. The zero-order valence-corrected chi connectivity index (χ0v) is 10.7. The number of aliphatic hydroxyl groups is 1. The number of nitrogens with zero attached hydrogens (tertiary/aromatic N) is 2. The van der Waals surface area contributed by atoms with E-state index in [0.717, 1.165) is 12.2 Å². The molecule has 0 spiro atoms. The number of carbonyl (C=O) groups excluding carboxylic acids is 2. The molecule has 1 aromatic rings. The Balaban J connectivity index is 1.93. The van der Waals surface area contributed by atoms with Crippen LogP contribution in [0.4, 0.5) is 0 Å². The third kappa shape index (κ3) is 2.54. The lowest BCUT2D eigenvalue weighted by atomic mass is 10.2. The number of thioether (sulfide) groups is 1. The van der Waals surface area contributed by atoms with Crippen LogP contribution in [-0.4, -0.2) is 51.5 Å². The molecule has 0 unspecified atom stereocenters. The Kier molecular flexibility index (Phi) is 4.33. The first-order valence-electron chi connectivity index (χ1n) is 5.75. The summed E-state index contributed by atoms with van der Waals surface area (Å²) in [7, 11) is 0. The molecule has 18 heavy (non-hydrogen) atoms. The maximum absolute atomic E-state index is 11.9. The first kappa shape index (κ1) is 13.0. The molecule has 2 amide bonds. The molecule has 0 aliphatic carbocycles. The summed E-state index contributed by atoms with van der Waals surface area (Å²) < 4.78 is 0. The van der Waals surface area contributed by atoms with E-state index in [4.69, 9.17) is 5.11 Å². The van der Waals surface area contributed by atoms with Crippen LogP contribution in [0.15, 0.2) is 18.3 Å². The van der Waals surface area contributed by atoms with Crippen LogP contribution < -0.4 is 0 Å². The monoisotopic (exact) mass is 266 g/mol. The Morgan fingerprint density at radius 2 is 2.11 bits per heavy atom. The van der Waals surface area contributed by atoms with E-state index in [2.05, 4.69) is 4.98 Å². The van der Waals surface area contributed by atoms with Crippen molar-refractivity contribution in [3.8, 4) is 0 Å². The number of carbonyl (C=O) groups is 2. The van der Waals surface area contributed by atoms with Gasteiger partial charge >= 0.3 is 0 Å². The highest BCUT2D eigenvalue weighted by molar-refractivity contribution is 7.99. The van der Waals surface area contributed by atoms with Crippen molar-refractivity contribution in [2.45, 2.75) is 6.42 Å². The van der Waals surface area contributed by atoms with Crippen LogP contribution in [0.5, 0.6) is 0 Å². The van der Waals surface area contributed by atoms with E-state index in [9.17, 15) is 9.59 Å². The summed E-state index contributed by atoms with van der Waals surface area (Å²) in [5.41, 5.74) is 0.644. The lowest BCUT2D eigenvalue weighted by Crippen LogP contribution is -2.32. The maximum atomic E-state index is 11.9. The van der Waals surface area contributed by atoms with Crippen LogP contribution in [0, 0.1) is 0 Å². The Bertz CT molecular complexity index is 429. The van der Waals surface area contributed by atoms with Gasteiger partial charge < -0.3 is 5.11 Å². The van der Waals surface area contributed by atoms with Gasteiger partial charge in [-0.1, -0.05) is 0 Å². The topological polar surface area (TPSA) is 70.5 Å². The van der Waals surface area contributed by atoms with Crippen molar-refractivity contribution in [2.75, 3.05) is 24.7 Å². The highest BCUT2D eigenvalue weighted by Gasteiger charge is 2.35. The van der Waals surface area contributed by atoms with Gasteiger partial charge in [0.25, 0.3) is 11.8 Å². The van der Waals surface area contributed by atoms with Crippen LogP contribution in [0.2, 0.25) is 0 Å². The van der Waals surface area contributed by atoms with Crippen LogP contribution in [0.25, 0.3) is 0 Å². The molecule has 5 nitrogen and oxygen atoms in total. The molecule has 0 saturated carbocycles. The average Bonchev–Trinajstić information content (AvgIpc) is 2.64. The minimum atomic E-state index is -0.307. The molecule has 1 aliphatic heterocycles. The Morgan fingerprint density at radius 3 is 2.83 bits per heavy atom. The summed E-state index contributed by atoms with van der Waals surface area (Å²) in [6, 6.07) is 3.28. The molecule has 0 fully saturated rings. The van der Waals surface area contributed by atoms with Crippen LogP contribution in [-0.2, 0) is 0 Å². The number of pyridine rings is 1. The molecule has 0 saturated heterocycles. The fourth-order valence-corrected chi connectivity index (χ4v) is 2.59. The number of aromatic nitrogens is 1. The lowest BCUT2D eigenvalue weighted by molar-refractivity contribution is 0.0662. The highest BCUT2D eigenvalue weighted by Crippen LogP contribution is 2.20. The fraction of sp³-hybridized carbons (Fsp3) is 0.417. The fourth-order valence-electron chi connectivity index (χ4n) is 1.74. The van der Waals surface area contributed by atoms with Crippen LogP contribution in [0.3, 0.4) is 0 Å². The second-order valence-corrected chi connectivity index (χ2v) is 5.08. The smallest absolute Gasteiger partial charge is 0.280 e. The second-order valence-electron chi connectivity index (χ2n) is 3.85. The Hall–Kier alpha value is -1.40. The van der Waals surface area contributed by atoms with Crippen molar-refractivity contribution in [1.82, 2.24) is 9.88 Å².